The Morgan fingerprint density at radius 1 is 1.33 bits per heavy atom. The van der Waals surface area contributed by atoms with Crippen LogP contribution in [0.1, 0.15) is 18.9 Å². The molecule has 0 radical (unpaired) electrons. The van der Waals surface area contributed by atoms with Gasteiger partial charge in [-0.05, 0) is 19.4 Å². The molecular weight excluding hydrogens is 288 g/mol. The van der Waals surface area contributed by atoms with Gasteiger partial charge in [0.1, 0.15) is 17.2 Å². The zero-order valence-corrected chi connectivity index (χ0v) is 12.7. The molecule has 0 unspecified atom stereocenters. The first-order chi connectivity index (χ1) is 10.1. The number of aromatic nitrogens is 2. The van der Waals surface area contributed by atoms with Crippen LogP contribution >= 0.6 is 11.8 Å². The standard InChI is InChI=1S/C14H16N4O2S/c1-3-8-15-13-10(2)14(17-9-16-13)21-12-7-5-4-6-11(12)18(19)20/h4-7,9H,3,8H2,1-2H3,(H,15,16,17). The molecule has 0 bridgehead atoms. The van der Waals surface area contributed by atoms with Crippen molar-refractivity contribution in [2.75, 3.05) is 11.9 Å². The van der Waals surface area contributed by atoms with Crippen molar-refractivity contribution in [2.24, 2.45) is 0 Å². The van der Waals surface area contributed by atoms with Crippen LogP contribution in [0.5, 0.6) is 0 Å². The fourth-order valence-corrected chi connectivity index (χ4v) is 2.71. The number of nitrogens with one attached hydrogen (secondary N) is 1. The molecule has 2 rings (SSSR count). The van der Waals surface area contributed by atoms with Gasteiger partial charge in [0.05, 0.1) is 9.82 Å². The Morgan fingerprint density at radius 3 is 2.81 bits per heavy atom. The molecule has 1 aromatic heterocycles. The molecule has 0 aliphatic carbocycles. The van der Waals surface area contributed by atoms with E-state index >= 15 is 0 Å². The zero-order chi connectivity index (χ0) is 15.2. The summed E-state index contributed by atoms with van der Waals surface area (Å²) in [7, 11) is 0. The molecule has 0 saturated carbocycles. The lowest BCUT2D eigenvalue weighted by Gasteiger charge is -2.10. The Bertz CT molecular complexity index is 649. The third kappa shape index (κ3) is 3.69. The minimum atomic E-state index is -0.380. The van der Waals surface area contributed by atoms with Crippen LogP contribution in [0.4, 0.5) is 11.5 Å². The highest BCUT2D eigenvalue weighted by atomic mass is 32.2. The summed E-state index contributed by atoms with van der Waals surface area (Å²) in [5.41, 5.74) is 0.984. The normalized spacial score (nSPS) is 10.4. The summed E-state index contributed by atoms with van der Waals surface area (Å²) >= 11 is 1.28. The van der Waals surface area contributed by atoms with E-state index in [0.717, 1.165) is 29.4 Å². The maximum atomic E-state index is 11.1. The van der Waals surface area contributed by atoms with Crippen LogP contribution in [0.25, 0.3) is 0 Å². The van der Waals surface area contributed by atoms with Crippen LogP contribution in [-0.4, -0.2) is 21.4 Å². The van der Waals surface area contributed by atoms with E-state index in [2.05, 4.69) is 22.2 Å². The van der Waals surface area contributed by atoms with Crippen molar-refractivity contribution in [1.29, 1.82) is 0 Å². The van der Waals surface area contributed by atoms with E-state index in [1.54, 1.807) is 18.2 Å². The highest BCUT2D eigenvalue weighted by Crippen LogP contribution is 2.35. The summed E-state index contributed by atoms with van der Waals surface area (Å²) < 4.78 is 0. The van der Waals surface area contributed by atoms with Crippen molar-refractivity contribution < 1.29 is 4.92 Å². The van der Waals surface area contributed by atoms with Crippen LogP contribution in [0, 0.1) is 17.0 Å². The predicted molar refractivity (Wildman–Crippen MR) is 82.8 cm³/mol. The van der Waals surface area contributed by atoms with Crippen LogP contribution in [-0.2, 0) is 0 Å². The molecule has 0 fully saturated rings. The number of nitro benzene ring substituents is 1. The van der Waals surface area contributed by atoms with Gasteiger partial charge in [-0.25, -0.2) is 9.97 Å². The molecule has 6 nitrogen and oxygen atoms in total. The summed E-state index contributed by atoms with van der Waals surface area (Å²) in [5, 5.41) is 15.0. The van der Waals surface area contributed by atoms with Crippen LogP contribution in [0.2, 0.25) is 0 Å². The topological polar surface area (TPSA) is 81.0 Å². The minimum Gasteiger partial charge on any atom is -0.370 e. The lowest BCUT2D eigenvalue weighted by Crippen LogP contribution is -2.05. The molecule has 7 heteroatoms. The molecule has 0 spiro atoms. The monoisotopic (exact) mass is 304 g/mol. The number of benzene rings is 1. The Balaban J connectivity index is 2.30. The van der Waals surface area contributed by atoms with Crippen molar-refractivity contribution in [3.05, 3.63) is 46.3 Å². The Morgan fingerprint density at radius 2 is 2.10 bits per heavy atom. The second-order valence-corrected chi connectivity index (χ2v) is 5.44. The Hall–Kier alpha value is -2.15. The molecule has 0 atom stereocenters. The number of hydrogen-bond donors (Lipinski definition) is 1. The molecular formula is C14H16N4O2S. The zero-order valence-electron chi connectivity index (χ0n) is 11.9. The maximum absolute atomic E-state index is 11.1. The van der Waals surface area contributed by atoms with Crippen LogP contribution < -0.4 is 5.32 Å². The average Bonchev–Trinajstić information content (AvgIpc) is 2.48. The van der Waals surface area contributed by atoms with E-state index in [1.165, 1.54) is 24.2 Å². The Kier molecular flexibility index (Phi) is 5.10. The van der Waals surface area contributed by atoms with E-state index < -0.39 is 0 Å². The predicted octanol–water partition coefficient (Wildman–Crippen LogP) is 3.67. The molecule has 21 heavy (non-hydrogen) atoms. The van der Waals surface area contributed by atoms with E-state index in [-0.39, 0.29) is 10.6 Å². The quantitative estimate of drug-likeness (QED) is 0.498. The number of nitro groups is 1. The second kappa shape index (κ2) is 7.03. The largest absolute Gasteiger partial charge is 0.370 e. The van der Waals surface area contributed by atoms with Gasteiger partial charge in [0.15, 0.2) is 0 Å². The number of rotatable bonds is 6. The highest BCUT2D eigenvalue weighted by Gasteiger charge is 2.16. The third-order valence-electron chi connectivity index (χ3n) is 2.85. The van der Waals surface area contributed by atoms with Gasteiger partial charge < -0.3 is 5.32 Å². The van der Waals surface area contributed by atoms with Gasteiger partial charge in [-0.15, -0.1) is 0 Å². The van der Waals surface area contributed by atoms with Gasteiger partial charge in [-0.3, -0.25) is 10.1 Å². The lowest BCUT2D eigenvalue weighted by atomic mass is 10.3. The summed E-state index contributed by atoms with van der Waals surface area (Å²) in [6.07, 6.45) is 2.47. The molecule has 0 amide bonds. The fourth-order valence-electron chi connectivity index (χ4n) is 1.76. The summed E-state index contributed by atoms with van der Waals surface area (Å²) in [6, 6.07) is 6.66. The van der Waals surface area contributed by atoms with Crippen LogP contribution in [0.3, 0.4) is 0 Å². The molecule has 2 aromatic rings. The third-order valence-corrected chi connectivity index (χ3v) is 4.02. The Labute approximate surface area is 127 Å². The van der Waals surface area contributed by atoms with Crippen molar-refractivity contribution >= 4 is 23.3 Å². The smallest absolute Gasteiger partial charge is 0.283 e. The lowest BCUT2D eigenvalue weighted by molar-refractivity contribution is -0.387. The number of para-hydroxylation sites is 1. The summed E-state index contributed by atoms with van der Waals surface area (Å²) in [6.45, 7) is 4.81. The first-order valence-corrected chi connectivity index (χ1v) is 7.42. The van der Waals surface area contributed by atoms with E-state index in [0.29, 0.717) is 4.90 Å². The number of anilines is 1. The maximum Gasteiger partial charge on any atom is 0.283 e. The van der Waals surface area contributed by atoms with Crippen molar-refractivity contribution in [2.45, 2.75) is 30.2 Å². The number of nitrogens with zero attached hydrogens (tertiary/aromatic N) is 3. The van der Waals surface area contributed by atoms with Gasteiger partial charge >= 0.3 is 0 Å². The number of hydrogen-bond acceptors (Lipinski definition) is 6. The van der Waals surface area contributed by atoms with Gasteiger partial charge in [0, 0.05) is 18.2 Å². The second-order valence-electron chi connectivity index (χ2n) is 4.41. The van der Waals surface area contributed by atoms with Crippen molar-refractivity contribution in [1.82, 2.24) is 9.97 Å². The van der Waals surface area contributed by atoms with Gasteiger partial charge in [0.25, 0.3) is 5.69 Å². The first-order valence-electron chi connectivity index (χ1n) is 6.60. The molecule has 110 valence electrons. The minimum absolute atomic E-state index is 0.0866. The van der Waals surface area contributed by atoms with Gasteiger partial charge in [-0.1, -0.05) is 30.8 Å². The molecule has 0 saturated heterocycles. The van der Waals surface area contributed by atoms with E-state index in [9.17, 15) is 10.1 Å². The van der Waals surface area contributed by atoms with Crippen molar-refractivity contribution in [3.8, 4) is 0 Å². The van der Waals surface area contributed by atoms with Crippen molar-refractivity contribution in [3.63, 3.8) is 0 Å². The summed E-state index contributed by atoms with van der Waals surface area (Å²) in [4.78, 5) is 19.7. The fraction of sp³-hybridized carbons (Fsp3) is 0.286. The van der Waals surface area contributed by atoms with E-state index in [4.69, 9.17) is 0 Å². The molecule has 0 aliphatic heterocycles. The SMILES string of the molecule is CCCNc1ncnc(Sc2ccccc2[N+](=O)[O-])c1C. The van der Waals surface area contributed by atoms with Crippen LogP contribution in [0.15, 0.2) is 40.5 Å². The first kappa shape index (κ1) is 15.2. The molecule has 1 N–H and O–H groups in total. The molecule has 1 heterocycles. The van der Waals surface area contributed by atoms with Gasteiger partial charge in [0.2, 0.25) is 0 Å². The van der Waals surface area contributed by atoms with E-state index in [1.807, 2.05) is 6.92 Å². The van der Waals surface area contributed by atoms with Gasteiger partial charge in [-0.2, -0.15) is 0 Å². The summed E-state index contributed by atoms with van der Waals surface area (Å²) in [5.74, 6) is 0.771. The highest BCUT2D eigenvalue weighted by molar-refractivity contribution is 7.99. The average molecular weight is 304 g/mol. The molecule has 0 aliphatic rings. The molecule has 1 aromatic carbocycles.